The molecule has 5 heteroatoms. The molecule has 0 aliphatic carbocycles. The molecule has 0 aromatic carbocycles. The largest absolute Gasteiger partial charge is 0.469 e. The van der Waals surface area contributed by atoms with Crippen molar-refractivity contribution >= 4 is 17.3 Å². The molecule has 1 N–H and O–H groups in total. The number of hydrogen-bond donors (Lipinski definition) is 1. The molecule has 2 heterocycles. The van der Waals surface area contributed by atoms with Crippen LogP contribution in [0.5, 0.6) is 0 Å². The van der Waals surface area contributed by atoms with Crippen LogP contribution in [0.4, 0.5) is 0 Å². The van der Waals surface area contributed by atoms with Gasteiger partial charge in [0.1, 0.15) is 0 Å². The Kier molecular flexibility index (Phi) is 5.26. The van der Waals surface area contributed by atoms with Crippen LogP contribution in [0.2, 0.25) is 0 Å². The minimum atomic E-state index is -0.199. The van der Waals surface area contributed by atoms with Crippen molar-refractivity contribution < 1.29 is 9.53 Å². The van der Waals surface area contributed by atoms with Gasteiger partial charge < -0.3 is 10.1 Å². The van der Waals surface area contributed by atoms with Crippen LogP contribution in [0.3, 0.4) is 0 Å². The Balaban J connectivity index is 1.87. The molecule has 2 aromatic rings. The van der Waals surface area contributed by atoms with Crippen LogP contribution in [0.15, 0.2) is 36.7 Å². The highest BCUT2D eigenvalue weighted by Gasteiger charge is 2.08. The van der Waals surface area contributed by atoms with Gasteiger partial charge in [0.2, 0.25) is 0 Å². The molecule has 0 aliphatic heterocycles. The summed E-state index contributed by atoms with van der Waals surface area (Å²) in [6.45, 7) is 2.89. The Hall–Kier alpha value is -1.72. The highest BCUT2D eigenvalue weighted by atomic mass is 32.1. The Morgan fingerprint density at radius 2 is 2.20 bits per heavy atom. The number of carbonyl (C=O) groups is 1. The lowest BCUT2D eigenvalue weighted by atomic mass is 10.1. The number of thiophene rings is 1. The number of methoxy groups -OCH3 is 1. The van der Waals surface area contributed by atoms with Crippen LogP contribution in [0.25, 0.3) is 0 Å². The molecule has 106 valence electrons. The third-order valence-corrected chi connectivity index (χ3v) is 4.12. The Morgan fingerprint density at radius 3 is 2.90 bits per heavy atom. The minimum Gasteiger partial charge on any atom is -0.469 e. The summed E-state index contributed by atoms with van der Waals surface area (Å²) in [5, 5.41) is 3.45. The van der Waals surface area contributed by atoms with E-state index in [1.54, 1.807) is 17.5 Å². The number of carbonyl (C=O) groups excluding carboxylic acids is 1. The van der Waals surface area contributed by atoms with Crippen LogP contribution < -0.4 is 5.32 Å². The summed E-state index contributed by atoms with van der Waals surface area (Å²) >= 11 is 1.63. The standard InChI is InChI=1S/C15H18N2O2S/c1-11(12-4-3-7-16-9-12)17-10-14-6-5-13(20-14)8-15(18)19-2/h3-7,9,11,17H,8,10H2,1-2H3/t11-/m1/s1. The first-order chi connectivity index (χ1) is 9.69. The van der Waals surface area contributed by atoms with Crippen molar-refractivity contribution in [2.45, 2.75) is 25.9 Å². The molecular weight excluding hydrogens is 272 g/mol. The Bertz CT molecular complexity index is 554. The second-order valence-corrected chi connectivity index (χ2v) is 5.76. The van der Waals surface area contributed by atoms with Crippen molar-refractivity contribution in [1.29, 1.82) is 0 Å². The molecule has 2 aromatic heterocycles. The third kappa shape index (κ3) is 4.15. The van der Waals surface area contributed by atoms with E-state index < -0.39 is 0 Å². The Labute approximate surface area is 122 Å². The SMILES string of the molecule is COC(=O)Cc1ccc(CN[C@H](C)c2cccnc2)s1. The van der Waals surface area contributed by atoms with Crippen LogP contribution in [-0.2, 0) is 22.5 Å². The normalized spacial score (nSPS) is 12.1. The van der Waals surface area contributed by atoms with E-state index in [-0.39, 0.29) is 12.0 Å². The third-order valence-electron chi connectivity index (χ3n) is 3.03. The fourth-order valence-corrected chi connectivity index (χ4v) is 2.78. The average molecular weight is 290 g/mol. The number of nitrogens with one attached hydrogen (secondary N) is 1. The van der Waals surface area contributed by atoms with Crippen molar-refractivity contribution in [1.82, 2.24) is 10.3 Å². The van der Waals surface area contributed by atoms with E-state index >= 15 is 0 Å². The van der Waals surface area contributed by atoms with Gasteiger partial charge in [0.15, 0.2) is 0 Å². The number of ether oxygens (including phenoxy) is 1. The molecule has 0 saturated carbocycles. The molecule has 20 heavy (non-hydrogen) atoms. The molecule has 2 rings (SSSR count). The van der Waals surface area contributed by atoms with E-state index in [0.717, 1.165) is 11.4 Å². The molecule has 0 spiro atoms. The topological polar surface area (TPSA) is 51.2 Å². The van der Waals surface area contributed by atoms with Gasteiger partial charge in [-0.3, -0.25) is 9.78 Å². The lowest BCUT2D eigenvalue weighted by Crippen LogP contribution is -2.17. The van der Waals surface area contributed by atoms with E-state index in [1.807, 2.05) is 24.4 Å². The maximum atomic E-state index is 11.2. The fraction of sp³-hybridized carbons (Fsp3) is 0.333. The van der Waals surface area contributed by atoms with E-state index in [0.29, 0.717) is 6.42 Å². The molecule has 0 fully saturated rings. The molecule has 0 bridgehead atoms. The molecule has 0 unspecified atom stereocenters. The highest BCUT2D eigenvalue weighted by Crippen LogP contribution is 2.19. The summed E-state index contributed by atoms with van der Waals surface area (Å²) < 4.78 is 4.66. The van der Waals surface area contributed by atoms with E-state index in [4.69, 9.17) is 0 Å². The van der Waals surface area contributed by atoms with E-state index in [1.165, 1.54) is 17.6 Å². The molecule has 1 atom stereocenters. The van der Waals surface area contributed by atoms with Gasteiger partial charge in [-0.15, -0.1) is 11.3 Å². The quantitative estimate of drug-likeness (QED) is 0.831. The first-order valence-electron chi connectivity index (χ1n) is 6.46. The second-order valence-electron chi connectivity index (χ2n) is 4.51. The first-order valence-corrected chi connectivity index (χ1v) is 7.28. The average Bonchev–Trinajstić information content (AvgIpc) is 2.93. The monoisotopic (exact) mass is 290 g/mol. The molecule has 0 amide bonds. The highest BCUT2D eigenvalue weighted by molar-refractivity contribution is 7.12. The van der Waals surface area contributed by atoms with Gasteiger partial charge in [0.25, 0.3) is 0 Å². The maximum absolute atomic E-state index is 11.2. The summed E-state index contributed by atoms with van der Waals surface area (Å²) in [6.07, 6.45) is 3.99. The van der Waals surface area contributed by atoms with Crippen molar-refractivity contribution in [3.8, 4) is 0 Å². The van der Waals surface area contributed by atoms with Gasteiger partial charge in [0, 0.05) is 34.7 Å². The summed E-state index contributed by atoms with van der Waals surface area (Å²) in [6, 6.07) is 8.27. The number of esters is 1. The molecule has 0 aliphatic rings. The summed E-state index contributed by atoms with van der Waals surface area (Å²) in [5.74, 6) is -0.199. The van der Waals surface area contributed by atoms with Gasteiger partial charge in [-0.2, -0.15) is 0 Å². The molecule has 4 nitrogen and oxygen atoms in total. The lowest BCUT2D eigenvalue weighted by molar-refractivity contribution is -0.139. The summed E-state index contributed by atoms with van der Waals surface area (Å²) in [5.41, 5.74) is 1.17. The van der Waals surface area contributed by atoms with Gasteiger partial charge in [-0.05, 0) is 30.7 Å². The minimum absolute atomic E-state index is 0.199. The second kappa shape index (κ2) is 7.17. The zero-order chi connectivity index (χ0) is 14.4. The van der Waals surface area contributed by atoms with Crippen LogP contribution >= 0.6 is 11.3 Å². The van der Waals surface area contributed by atoms with Gasteiger partial charge >= 0.3 is 5.97 Å². The predicted molar refractivity (Wildman–Crippen MR) is 79.5 cm³/mol. The lowest BCUT2D eigenvalue weighted by Gasteiger charge is -2.12. The van der Waals surface area contributed by atoms with Gasteiger partial charge in [0.05, 0.1) is 13.5 Å². The maximum Gasteiger partial charge on any atom is 0.310 e. The van der Waals surface area contributed by atoms with Gasteiger partial charge in [-0.1, -0.05) is 6.07 Å². The van der Waals surface area contributed by atoms with Crippen LogP contribution in [-0.4, -0.2) is 18.1 Å². The van der Waals surface area contributed by atoms with Gasteiger partial charge in [-0.25, -0.2) is 0 Å². The molecular formula is C15H18N2O2S. The van der Waals surface area contributed by atoms with Crippen molar-refractivity contribution in [3.63, 3.8) is 0 Å². The first kappa shape index (κ1) is 14.7. The molecule has 0 saturated heterocycles. The number of pyridine rings is 1. The van der Waals surface area contributed by atoms with Crippen molar-refractivity contribution in [2.24, 2.45) is 0 Å². The fourth-order valence-electron chi connectivity index (χ4n) is 1.83. The van der Waals surface area contributed by atoms with E-state index in [2.05, 4.69) is 28.0 Å². The number of nitrogens with zero attached hydrogens (tertiary/aromatic N) is 1. The predicted octanol–water partition coefficient (Wildman–Crippen LogP) is 2.71. The smallest absolute Gasteiger partial charge is 0.310 e. The number of hydrogen-bond acceptors (Lipinski definition) is 5. The zero-order valence-corrected chi connectivity index (χ0v) is 12.4. The van der Waals surface area contributed by atoms with Crippen LogP contribution in [0, 0.1) is 0 Å². The van der Waals surface area contributed by atoms with Crippen molar-refractivity contribution in [2.75, 3.05) is 7.11 Å². The van der Waals surface area contributed by atoms with Crippen molar-refractivity contribution in [3.05, 3.63) is 52.0 Å². The van der Waals surface area contributed by atoms with Crippen LogP contribution in [0.1, 0.15) is 28.3 Å². The number of aromatic nitrogens is 1. The molecule has 0 radical (unpaired) electrons. The number of rotatable bonds is 6. The Morgan fingerprint density at radius 1 is 1.40 bits per heavy atom. The van der Waals surface area contributed by atoms with E-state index in [9.17, 15) is 4.79 Å². The zero-order valence-electron chi connectivity index (χ0n) is 11.6. The summed E-state index contributed by atoms with van der Waals surface area (Å²) in [7, 11) is 1.41. The summed E-state index contributed by atoms with van der Waals surface area (Å²) in [4.78, 5) is 17.6.